The highest BCUT2D eigenvalue weighted by molar-refractivity contribution is 5.93. The number of hydrogen-bond acceptors (Lipinski definition) is 4. The summed E-state index contributed by atoms with van der Waals surface area (Å²) in [6, 6.07) is 3.94. The molecule has 136 valence electrons. The molecule has 4 nitrogen and oxygen atoms in total. The van der Waals surface area contributed by atoms with Gasteiger partial charge in [0.05, 0.1) is 11.8 Å². The fourth-order valence-corrected chi connectivity index (χ4v) is 4.79. The Bertz CT molecular complexity index is 862. The number of benzene rings is 1. The van der Waals surface area contributed by atoms with Gasteiger partial charge in [0.15, 0.2) is 11.5 Å². The molecule has 0 saturated heterocycles. The topological polar surface area (TPSA) is 44.0 Å². The van der Waals surface area contributed by atoms with Crippen LogP contribution in [0.15, 0.2) is 27.8 Å². The first-order chi connectivity index (χ1) is 12.7. The van der Waals surface area contributed by atoms with E-state index in [1.807, 2.05) is 18.3 Å². The summed E-state index contributed by atoms with van der Waals surface area (Å²) in [5.41, 5.74) is 4.62. The van der Waals surface area contributed by atoms with E-state index in [1.165, 1.54) is 37.7 Å². The number of rotatable bonds is 2. The van der Waals surface area contributed by atoms with Gasteiger partial charge in [0.1, 0.15) is 5.76 Å². The van der Waals surface area contributed by atoms with Gasteiger partial charge in [-0.2, -0.15) is 0 Å². The summed E-state index contributed by atoms with van der Waals surface area (Å²) in [4.78, 5) is 4.50. The molecule has 5 rings (SSSR count). The minimum Gasteiger partial charge on any atom is -0.464 e. The fraction of sp³-hybridized carbons (Fsp3) is 0.500. The molecule has 3 heterocycles. The first-order valence-electron chi connectivity index (χ1n) is 9.78. The molecule has 0 N–H and O–H groups in total. The number of furan rings is 1. The summed E-state index contributed by atoms with van der Waals surface area (Å²) in [6.45, 7) is 5.04. The lowest BCUT2D eigenvalue weighted by atomic mass is 9.84. The molecule has 2 aliphatic heterocycles. The first kappa shape index (κ1) is 16.0. The fourth-order valence-electron chi connectivity index (χ4n) is 4.79. The van der Waals surface area contributed by atoms with Crippen LogP contribution in [0.3, 0.4) is 0 Å². The molecule has 1 aliphatic carbocycles. The van der Waals surface area contributed by atoms with Gasteiger partial charge < -0.3 is 13.9 Å². The van der Waals surface area contributed by atoms with Gasteiger partial charge in [0, 0.05) is 36.7 Å². The van der Waals surface area contributed by atoms with Crippen LogP contribution < -0.4 is 9.47 Å². The normalized spacial score (nSPS) is 24.7. The summed E-state index contributed by atoms with van der Waals surface area (Å²) in [5, 5.41) is 0. The van der Waals surface area contributed by atoms with Crippen LogP contribution in [0.2, 0.25) is 0 Å². The molecule has 1 unspecified atom stereocenters. The summed E-state index contributed by atoms with van der Waals surface area (Å²) in [6.07, 6.45) is 10.8. The lowest BCUT2D eigenvalue weighted by Crippen LogP contribution is -2.44. The minimum absolute atomic E-state index is 0.429. The maximum absolute atomic E-state index is 6.61. The molecule has 1 saturated carbocycles. The van der Waals surface area contributed by atoms with Crippen molar-refractivity contribution in [2.75, 3.05) is 6.54 Å². The second-order valence-electron chi connectivity index (χ2n) is 7.87. The maximum Gasteiger partial charge on any atom is 0.251 e. The van der Waals surface area contributed by atoms with Crippen LogP contribution in [-0.2, 0) is 6.42 Å². The SMILES string of the molecule is Cc1c2c(c(-c3ccco3)c3c1OC(C)(C1CCCCC1)O3)CCN=C2. The zero-order valence-corrected chi connectivity index (χ0v) is 15.5. The third-order valence-corrected chi connectivity index (χ3v) is 6.24. The van der Waals surface area contributed by atoms with Crippen LogP contribution in [0.5, 0.6) is 11.5 Å². The summed E-state index contributed by atoms with van der Waals surface area (Å²) >= 11 is 0. The molecule has 0 spiro atoms. The predicted octanol–water partition coefficient (Wildman–Crippen LogP) is 5.30. The third-order valence-electron chi connectivity index (χ3n) is 6.24. The largest absolute Gasteiger partial charge is 0.464 e. The summed E-state index contributed by atoms with van der Waals surface area (Å²) in [7, 11) is 0. The van der Waals surface area contributed by atoms with E-state index in [9.17, 15) is 0 Å². The van der Waals surface area contributed by atoms with Gasteiger partial charge in [0.25, 0.3) is 5.79 Å². The van der Waals surface area contributed by atoms with E-state index >= 15 is 0 Å². The van der Waals surface area contributed by atoms with Crippen molar-refractivity contribution in [1.29, 1.82) is 0 Å². The van der Waals surface area contributed by atoms with Crippen LogP contribution in [-0.4, -0.2) is 18.5 Å². The molecule has 0 bridgehead atoms. The third kappa shape index (κ3) is 2.31. The molecule has 1 atom stereocenters. The van der Waals surface area contributed by atoms with Gasteiger partial charge >= 0.3 is 0 Å². The van der Waals surface area contributed by atoms with E-state index in [0.29, 0.717) is 5.92 Å². The van der Waals surface area contributed by atoms with Crippen molar-refractivity contribution in [3.63, 3.8) is 0 Å². The highest BCUT2D eigenvalue weighted by Gasteiger charge is 2.47. The quantitative estimate of drug-likeness (QED) is 0.737. The van der Waals surface area contributed by atoms with Crippen LogP contribution in [0.1, 0.15) is 55.7 Å². The van der Waals surface area contributed by atoms with E-state index < -0.39 is 5.79 Å². The Morgan fingerprint density at radius 1 is 1.12 bits per heavy atom. The van der Waals surface area contributed by atoms with Crippen molar-refractivity contribution >= 4 is 6.21 Å². The Kier molecular flexibility index (Phi) is 3.63. The zero-order valence-electron chi connectivity index (χ0n) is 15.5. The molecule has 26 heavy (non-hydrogen) atoms. The van der Waals surface area contributed by atoms with Crippen LogP contribution in [0.4, 0.5) is 0 Å². The van der Waals surface area contributed by atoms with Gasteiger partial charge in [0.2, 0.25) is 0 Å². The highest BCUT2D eigenvalue weighted by Crippen LogP contribution is 2.54. The Morgan fingerprint density at radius 2 is 1.92 bits per heavy atom. The van der Waals surface area contributed by atoms with Crippen LogP contribution in [0, 0.1) is 12.8 Å². The van der Waals surface area contributed by atoms with Crippen molar-refractivity contribution in [2.45, 2.75) is 58.2 Å². The minimum atomic E-state index is -0.587. The molecule has 0 radical (unpaired) electrons. The van der Waals surface area contributed by atoms with E-state index in [-0.39, 0.29) is 0 Å². The molecule has 0 amide bonds. The Morgan fingerprint density at radius 3 is 2.69 bits per heavy atom. The molecule has 1 fully saturated rings. The van der Waals surface area contributed by atoms with E-state index in [2.05, 4.69) is 18.8 Å². The Hall–Kier alpha value is -2.23. The van der Waals surface area contributed by atoms with Gasteiger partial charge in [-0.3, -0.25) is 4.99 Å². The molecule has 3 aliphatic rings. The molecular weight excluding hydrogens is 326 g/mol. The van der Waals surface area contributed by atoms with Crippen LogP contribution in [0.25, 0.3) is 11.3 Å². The number of fused-ring (bicyclic) bond motifs is 2. The monoisotopic (exact) mass is 351 g/mol. The van der Waals surface area contributed by atoms with Crippen molar-refractivity contribution in [3.8, 4) is 22.8 Å². The zero-order chi connectivity index (χ0) is 17.7. The average molecular weight is 351 g/mol. The highest BCUT2D eigenvalue weighted by atomic mass is 16.7. The smallest absolute Gasteiger partial charge is 0.251 e. The molecule has 1 aromatic carbocycles. The molecule has 2 aromatic rings. The van der Waals surface area contributed by atoms with Gasteiger partial charge in [-0.15, -0.1) is 0 Å². The molecule has 4 heteroatoms. The second kappa shape index (κ2) is 5.90. The number of ether oxygens (including phenoxy) is 2. The van der Waals surface area contributed by atoms with Crippen molar-refractivity contribution < 1.29 is 13.9 Å². The lowest BCUT2D eigenvalue weighted by molar-refractivity contribution is -0.119. The Labute approximate surface area is 154 Å². The second-order valence-corrected chi connectivity index (χ2v) is 7.87. The van der Waals surface area contributed by atoms with Gasteiger partial charge in [-0.25, -0.2) is 0 Å². The van der Waals surface area contributed by atoms with Gasteiger partial charge in [-0.1, -0.05) is 19.3 Å². The van der Waals surface area contributed by atoms with E-state index in [1.54, 1.807) is 6.26 Å². The van der Waals surface area contributed by atoms with Gasteiger partial charge in [-0.05, 0) is 43.9 Å². The lowest BCUT2D eigenvalue weighted by Gasteiger charge is -2.34. The predicted molar refractivity (Wildman–Crippen MR) is 101 cm³/mol. The van der Waals surface area contributed by atoms with E-state index in [4.69, 9.17) is 13.9 Å². The molecule has 1 aromatic heterocycles. The average Bonchev–Trinajstić information content (AvgIpc) is 3.32. The summed E-state index contributed by atoms with van der Waals surface area (Å²) < 4.78 is 18.9. The van der Waals surface area contributed by atoms with Crippen LogP contribution >= 0.6 is 0 Å². The number of hydrogen-bond donors (Lipinski definition) is 0. The molecular formula is C22H25NO3. The first-order valence-corrected chi connectivity index (χ1v) is 9.78. The van der Waals surface area contributed by atoms with Crippen molar-refractivity contribution in [2.24, 2.45) is 10.9 Å². The maximum atomic E-state index is 6.61. The van der Waals surface area contributed by atoms with Crippen molar-refractivity contribution in [3.05, 3.63) is 35.1 Å². The van der Waals surface area contributed by atoms with Crippen molar-refractivity contribution in [1.82, 2.24) is 0 Å². The summed E-state index contributed by atoms with van der Waals surface area (Å²) in [5.74, 6) is 2.43. The Balaban J connectivity index is 1.67. The number of nitrogens with zero attached hydrogens (tertiary/aromatic N) is 1. The standard InChI is InChI=1S/C22H25NO3/c1-14-17-13-23-11-10-16(17)19(18-9-6-12-24-18)21-20(14)25-22(2,26-21)15-7-4-3-5-8-15/h6,9,12-13,15H,3-5,7-8,10-11H2,1-2H3. The van der Waals surface area contributed by atoms with E-state index in [0.717, 1.165) is 46.9 Å². The number of aliphatic imine (C=N–C) groups is 1.